The molecule has 0 spiro atoms. The third-order valence-corrected chi connectivity index (χ3v) is 1.34. The Kier molecular flexibility index (Phi) is 2.21. The Morgan fingerprint density at radius 1 is 1.45 bits per heavy atom. The number of aromatic nitrogens is 2. The highest BCUT2D eigenvalue weighted by Crippen LogP contribution is 2.06. The lowest BCUT2D eigenvalue weighted by atomic mass is 10.4. The fourth-order valence-corrected chi connectivity index (χ4v) is 0.718. The summed E-state index contributed by atoms with van der Waals surface area (Å²) in [4.78, 5) is 9.96. The Labute approximate surface area is 66.4 Å². The van der Waals surface area contributed by atoms with E-state index in [-0.39, 0.29) is 0 Å². The third-order valence-electron chi connectivity index (χ3n) is 1.34. The van der Waals surface area contributed by atoms with Gasteiger partial charge in [-0.2, -0.15) is 0 Å². The minimum absolute atomic E-state index is 0.851. The van der Waals surface area contributed by atoms with Gasteiger partial charge in [-0.05, 0) is 6.08 Å². The average Bonchev–Trinajstić information content (AvgIpc) is 2.05. The van der Waals surface area contributed by atoms with Gasteiger partial charge < -0.3 is 4.90 Å². The molecule has 1 rings (SSSR count). The van der Waals surface area contributed by atoms with Crippen LogP contribution in [0.5, 0.6) is 0 Å². The molecular formula is C8H11N3. The highest BCUT2D eigenvalue weighted by atomic mass is 15.1. The van der Waals surface area contributed by atoms with E-state index in [1.807, 2.05) is 25.1 Å². The molecule has 0 N–H and O–H groups in total. The van der Waals surface area contributed by atoms with Gasteiger partial charge in [-0.15, -0.1) is 0 Å². The van der Waals surface area contributed by atoms with E-state index in [1.54, 1.807) is 6.08 Å². The molecule has 58 valence electrons. The SMILES string of the molecule is C=Cc1cc(N(C)C)ncn1. The predicted octanol–water partition coefficient (Wildman–Crippen LogP) is 1.19. The first-order chi connectivity index (χ1) is 5.24. The summed E-state index contributed by atoms with van der Waals surface area (Å²) in [5.41, 5.74) is 0.851. The lowest BCUT2D eigenvalue weighted by molar-refractivity contribution is 1.03. The monoisotopic (exact) mass is 149 g/mol. The Bertz CT molecular complexity index is 255. The van der Waals surface area contributed by atoms with E-state index < -0.39 is 0 Å². The molecule has 1 aromatic heterocycles. The first-order valence-electron chi connectivity index (χ1n) is 3.36. The van der Waals surface area contributed by atoms with Crippen LogP contribution in [0.3, 0.4) is 0 Å². The van der Waals surface area contributed by atoms with Crippen molar-refractivity contribution in [3.8, 4) is 0 Å². The molecule has 3 nitrogen and oxygen atoms in total. The maximum absolute atomic E-state index is 4.05. The van der Waals surface area contributed by atoms with E-state index in [2.05, 4.69) is 16.5 Å². The molecule has 0 saturated heterocycles. The second-order valence-corrected chi connectivity index (χ2v) is 2.40. The molecule has 11 heavy (non-hydrogen) atoms. The van der Waals surface area contributed by atoms with Crippen LogP contribution < -0.4 is 4.90 Å². The second kappa shape index (κ2) is 3.14. The van der Waals surface area contributed by atoms with E-state index in [9.17, 15) is 0 Å². The van der Waals surface area contributed by atoms with Gasteiger partial charge in [-0.25, -0.2) is 9.97 Å². The number of nitrogens with zero attached hydrogens (tertiary/aromatic N) is 3. The van der Waals surface area contributed by atoms with E-state index >= 15 is 0 Å². The molecule has 0 aliphatic heterocycles. The molecule has 0 atom stereocenters. The van der Waals surface area contributed by atoms with Crippen LogP contribution >= 0.6 is 0 Å². The van der Waals surface area contributed by atoms with Gasteiger partial charge in [0.15, 0.2) is 0 Å². The van der Waals surface area contributed by atoms with E-state index in [0.717, 1.165) is 11.5 Å². The van der Waals surface area contributed by atoms with Crippen molar-refractivity contribution in [3.63, 3.8) is 0 Å². The van der Waals surface area contributed by atoms with Gasteiger partial charge >= 0.3 is 0 Å². The lowest BCUT2D eigenvalue weighted by Crippen LogP contribution is -2.10. The van der Waals surface area contributed by atoms with Gasteiger partial charge in [-0.1, -0.05) is 6.58 Å². The molecule has 0 fully saturated rings. The Morgan fingerprint density at radius 3 is 2.73 bits per heavy atom. The summed E-state index contributed by atoms with van der Waals surface area (Å²) in [7, 11) is 3.88. The van der Waals surface area contributed by atoms with Crippen molar-refractivity contribution < 1.29 is 0 Å². The number of rotatable bonds is 2. The van der Waals surface area contributed by atoms with Crippen LogP contribution in [0.4, 0.5) is 5.82 Å². The average molecular weight is 149 g/mol. The molecule has 1 aromatic rings. The smallest absolute Gasteiger partial charge is 0.132 e. The molecule has 0 aromatic carbocycles. The summed E-state index contributed by atoms with van der Waals surface area (Å²) in [6, 6.07) is 1.88. The maximum Gasteiger partial charge on any atom is 0.132 e. The number of hydrogen-bond donors (Lipinski definition) is 0. The normalized spacial score (nSPS) is 9.27. The molecule has 0 unspecified atom stereocenters. The van der Waals surface area contributed by atoms with Crippen LogP contribution in [-0.4, -0.2) is 24.1 Å². The summed E-state index contributed by atoms with van der Waals surface area (Å²) in [5, 5.41) is 0. The van der Waals surface area contributed by atoms with Crippen LogP contribution in [-0.2, 0) is 0 Å². The third kappa shape index (κ3) is 1.77. The molecule has 0 saturated carbocycles. The molecule has 0 aliphatic carbocycles. The van der Waals surface area contributed by atoms with Gasteiger partial charge in [-0.3, -0.25) is 0 Å². The highest BCUT2D eigenvalue weighted by molar-refractivity contribution is 5.48. The number of anilines is 1. The zero-order chi connectivity index (χ0) is 8.27. The lowest BCUT2D eigenvalue weighted by Gasteiger charge is -2.09. The van der Waals surface area contributed by atoms with Gasteiger partial charge in [0.25, 0.3) is 0 Å². The largest absolute Gasteiger partial charge is 0.363 e. The zero-order valence-corrected chi connectivity index (χ0v) is 6.78. The first kappa shape index (κ1) is 7.72. The van der Waals surface area contributed by atoms with Crippen molar-refractivity contribution in [1.82, 2.24) is 9.97 Å². The molecule has 1 heterocycles. The minimum atomic E-state index is 0.851. The van der Waals surface area contributed by atoms with Crippen LogP contribution in [0.25, 0.3) is 6.08 Å². The minimum Gasteiger partial charge on any atom is -0.363 e. The van der Waals surface area contributed by atoms with Crippen molar-refractivity contribution >= 4 is 11.9 Å². The van der Waals surface area contributed by atoms with Crippen molar-refractivity contribution in [2.75, 3.05) is 19.0 Å². The van der Waals surface area contributed by atoms with Crippen LogP contribution in [0.15, 0.2) is 19.0 Å². The fourth-order valence-electron chi connectivity index (χ4n) is 0.718. The van der Waals surface area contributed by atoms with Crippen LogP contribution in [0, 0.1) is 0 Å². The Morgan fingerprint density at radius 2 is 2.18 bits per heavy atom. The standard InChI is InChI=1S/C8H11N3/c1-4-7-5-8(11(2)3)10-6-9-7/h4-6H,1H2,2-3H3. The van der Waals surface area contributed by atoms with E-state index in [0.29, 0.717) is 0 Å². The summed E-state index contributed by atoms with van der Waals surface area (Å²) in [6.45, 7) is 3.62. The molecule has 0 radical (unpaired) electrons. The van der Waals surface area contributed by atoms with E-state index in [4.69, 9.17) is 0 Å². The topological polar surface area (TPSA) is 29.0 Å². The Balaban J connectivity index is 3.00. The van der Waals surface area contributed by atoms with Crippen molar-refractivity contribution in [2.45, 2.75) is 0 Å². The summed E-state index contributed by atoms with van der Waals surface area (Å²) < 4.78 is 0. The van der Waals surface area contributed by atoms with Crippen molar-refractivity contribution in [1.29, 1.82) is 0 Å². The van der Waals surface area contributed by atoms with Gasteiger partial charge in [0.2, 0.25) is 0 Å². The summed E-state index contributed by atoms with van der Waals surface area (Å²) >= 11 is 0. The number of hydrogen-bond acceptors (Lipinski definition) is 3. The summed E-state index contributed by atoms with van der Waals surface area (Å²) in [6.07, 6.45) is 3.24. The maximum atomic E-state index is 4.05. The second-order valence-electron chi connectivity index (χ2n) is 2.40. The quantitative estimate of drug-likeness (QED) is 0.632. The fraction of sp³-hybridized carbons (Fsp3) is 0.250. The molecule has 3 heteroatoms. The predicted molar refractivity (Wildman–Crippen MR) is 46.5 cm³/mol. The molecule has 0 aliphatic rings. The molecular weight excluding hydrogens is 138 g/mol. The highest BCUT2D eigenvalue weighted by Gasteiger charge is 1.95. The van der Waals surface area contributed by atoms with Crippen LogP contribution in [0.1, 0.15) is 5.69 Å². The molecule has 0 bridgehead atoms. The summed E-state index contributed by atoms with van der Waals surface area (Å²) in [5.74, 6) is 0.898. The Hall–Kier alpha value is -1.38. The zero-order valence-electron chi connectivity index (χ0n) is 6.78. The van der Waals surface area contributed by atoms with Crippen molar-refractivity contribution in [2.24, 2.45) is 0 Å². The van der Waals surface area contributed by atoms with Gasteiger partial charge in [0.05, 0.1) is 5.69 Å². The van der Waals surface area contributed by atoms with Crippen molar-refractivity contribution in [3.05, 3.63) is 24.7 Å². The van der Waals surface area contributed by atoms with Crippen LogP contribution in [0.2, 0.25) is 0 Å². The van der Waals surface area contributed by atoms with Gasteiger partial charge in [0, 0.05) is 20.2 Å². The molecule has 0 amide bonds. The van der Waals surface area contributed by atoms with Gasteiger partial charge in [0.1, 0.15) is 12.1 Å². The van der Waals surface area contributed by atoms with E-state index in [1.165, 1.54) is 6.33 Å². The first-order valence-corrected chi connectivity index (χ1v) is 3.36.